The highest BCUT2D eigenvalue weighted by molar-refractivity contribution is 5.76. The van der Waals surface area contributed by atoms with Crippen LogP contribution < -0.4 is 4.90 Å². The van der Waals surface area contributed by atoms with Crippen LogP contribution in [0.3, 0.4) is 0 Å². The summed E-state index contributed by atoms with van der Waals surface area (Å²) < 4.78 is 13.9. The number of hydrogen-bond donors (Lipinski definition) is 0. The third-order valence-corrected chi connectivity index (χ3v) is 3.46. The first-order chi connectivity index (χ1) is 8.65. The van der Waals surface area contributed by atoms with Crippen molar-refractivity contribution >= 4 is 12.0 Å². The molecule has 1 rings (SSSR count). The van der Waals surface area contributed by atoms with Gasteiger partial charge in [0.1, 0.15) is 12.1 Å². The Labute approximate surface area is 109 Å². The van der Waals surface area contributed by atoms with Gasteiger partial charge in [-0.25, -0.2) is 4.39 Å². The molecule has 1 aromatic rings. The maximum atomic E-state index is 13.9. The van der Waals surface area contributed by atoms with Crippen molar-refractivity contribution in [1.29, 1.82) is 0 Å². The molecule has 3 heteroatoms. The molecule has 0 N–H and O–H groups in total. The van der Waals surface area contributed by atoms with Gasteiger partial charge in [0.15, 0.2) is 0 Å². The standard InChI is InChI=1S/C15H22FNO/c1-4-12(5-2)10-17(6-3)15-8-7-13(11-18)9-14(15)16/h7-9,11-12H,4-6,10H2,1-3H3. The van der Waals surface area contributed by atoms with Gasteiger partial charge in [0, 0.05) is 18.7 Å². The summed E-state index contributed by atoms with van der Waals surface area (Å²) in [7, 11) is 0. The number of carbonyl (C=O) groups is 1. The number of hydrogen-bond acceptors (Lipinski definition) is 2. The van der Waals surface area contributed by atoms with E-state index in [4.69, 9.17) is 0 Å². The smallest absolute Gasteiger partial charge is 0.150 e. The van der Waals surface area contributed by atoms with E-state index in [1.165, 1.54) is 6.07 Å². The average molecular weight is 251 g/mol. The summed E-state index contributed by atoms with van der Waals surface area (Å²) in [5.41, 5.74) is 0.977. The highest BCUT2D eigenvalue weighted by Crippen LogP contribution is 2.22. The Morgan fingerprint density at radius 2 is 1.94 bits per heavy atom. The van der Waals surface area contributed by atoms with E-state index < -0.39 is 0 Å². The zero-order chi connectivity index (χ0) is 13.5. The minimum absolute atomic E-state index is 0.313. The lowest BCUT2D eigenvalue weighted by Crippen LogP contribution is -2.29. The van der Waals surface area contributed by atoms with Gasteiger partial charge in [0.2, 0.25) is 0 Å². The number of benzene rings is 1. The molecule has 2 nitrogen and oxygen atoms in total. The number of aldehydes is 1. The Kier molecular flexibility index (Phi) is 5.83. The van der Waals surface area contributed by atoms with E-state index >= 15 is 0 Å². The molecule has 0 aromatic heterocycles. The molecule has 100 valence electrons. The van der Waals surface area contributed by atoms with Crippen LogP contribution in [0.1, 0.15) is 44.0 Å². The minimum atomic E-state index is -0.313. The Morgan fingerprint density at radius 3 is 2.39 bits per heavy atom. The normalized spacial score (nSPS) is 10.7. The third kappa shape index (κ3) is 3.56. The summed E-state index contributed by atoms with van der Waals surface area (Å²) in [6.07, 6.45) is 2.87. The molecule has 0 bridgehead atoms. The highest BCUT2D eigenvalue weighted by Gasteiger charge is 2.14. The molecule has 0 spiro atoms. The van der Waals surface area contributed by atoms with E-state index in [9.17, 15) is 9.18 Å². The van der Waals surface area contributed by atoms with Crippen molar-refractivity contribution in [2.24, 2.45) is 5.92 Å². The van der Waals surface area contributed by atoms with Crippen LogP contribution >= 0.6 is 0 Å². The van der Waals surface area contributed by atoms with Crippen LogP contribution in [0.4, 0.5) is 10.1 Å². The molecule has 0 atom stereocenters. The van der Waals surface area contributed by atoms with Crippen LogP contribution in [0.25, 0.3) is 0 Å². The molecule has 18 heavy (non-hydrogen) atoms. The largest absolute Gasteiger partial charge is 0.369 e. The van der Waals surface area contributed by atoms with Gasteiger partial charge in [-0.2, -0.15) is 0 Å². The van der Waals surface area contributed by atoms with Crippen molar-refractivity contribution in [3.63, 3.8) is 0 Å². The van der Waals surface area contributed by atoms with E-state index in [2.05, 4.69) is 13.8 Å². The Bertz CT molecular complexity index is 388. The summed E-state index contributed by atoms with van der Waals surface area (Å²) in [6.45, 7) is 7.98. The van der Waals surface area contributed by atoms with E-state index in [-0.39, 0.29) is 5.82 Å². The molecule has 0 unspecified atom stereocenters. The lowest BCUT2D eigenvalue weighted by Gasteiger charge is -2.27. The second-order valence-electron chi connectivity index (χ2n) is 4.55. The lowest BCUT2D eigenvalue weighted by atomic mass is 10.0. The molecular formula is C15H22FNO. The molecule has 0 heterocycles. The molecule has 1 aromatic carbocycles. The van der Waals surface area contributed by atoms with Crippen molar-refractivity contribution in [3.8, 4) is 0 Å². The van der Waals surface area contributed by atoms with Crippen LogP contribution in [-0.2, 0) is 0 Å². The second kappa shape index (κ2) is 7.14. The summed E-state index contributed by atoms with van der Waals surface area (Å²) >= 11 is 0. The fraction of sp³-hybridized carbons (Fsp3) is 0.533. The van der Waals surface area contributed by atoms with Crippen molar-refractivity contribution in [3.05, 3.63) is 29.6 Å². The van der Waals surface area contributed by atoms with Crippen molar-refractivity contribution < 1.29 is 9.18 Å². The number of carbonyl (C=O) groups excluding carboxylic acids is 1. The fourth-order valence-corrected chi connectivity index (χ4v) is 2.11. The molecule has 0 aliphatic heterocycles. The van der Waals surface area contributed by atoms with E-state index in [0.29, 0.717) is 23.5 Å². The van der Waals surface area contributed by atoms with Gasteiger partial charge in [-0.1, -0.05) is 26.7 Å². The molecule has 0 radical (unpaired) electrons. The first-order valence-electron chi connectivity index (χ1n) is 6.65. The number of halogens is 1. The average Bonchev–Trinajstić information content (AvgIpc) is 2.41. The summed E-state index contributed by atoms with van der Waals surface area (Å²) in [6, 6.07) is 4.67. The Balaban J connectivity index is 2.91. The summed E-state index contributed by atoms with van der Waals surface area (Å²) in [4.78, 5) is 12.6. The van der Waals surface area contributed by atoms with Crippen LogP contribution in [-0.4, -0.2) is 19.4 Å². The second-order valence-corrected chi connectivity index (χ2v) is 4.55. The molecule has 0 aliphatic carbocycles. The third-order valence-electron chi connectivity index (χ3n) is 3.46. The SMILES string of the molecule is CCC(CC)CN(CC)c1ccc(C=O)cc1F. The van der Waals surface area contributed by atoms with E-state index in [1.54, 1.807) is 12.1 Å². The van der Waals surface area contributed by atoms with Gasteiger partial charge in [0.25, 0.3) is 0 Å². The predicted octanol–water partition coefficient (Wildman–Crippen LogP) is 3.90. The summed E-state index contributed by atoms with van der Waals surface area (Å²) in [5.74, 6) is 0.266. The fourth-order valence-electron chi connectivity index (χ4n) is 2.11. The molecule has 0 amide bonds. The van der Waals surface area contributed by atoms with Crippen LogP contribution in [0.15, 0.2) is 18.2 Å². The van der Waals surface area contributed by atoms with Crippen molar-refractivity contribution in [1.82, 2.24) is 0 Å². The summed E-state index contributed by atoms with van der Waals surface area (Å²) in [5, 5.41) is 0. The molecular weight excluding hydrogens is 229 g/mol. The highest BCUT2D eigenvalue weighted by atomic mass is 19.1. The predicted molar refractivity (Wildman–Crippen MR) is 73.7 cm³/mol. The van der Waals surface area contributed by atoms with Gasteiger partial charge in [-0.3, -0.25) is 4.79 Å². The maximum Gasteiger partial charge on any atom is 0.150 e. The lowest BCUT2D eigenvalue weighted by molar-refractivity contribution is 0.112. The van der Waals surface area contributed by atoms with E-state index in [1.807, 2.05) is 11.8 Å². The monoisotopic (exact) mass is 251 g/mol. The number of rotatable bonds is 7. The van der Waals surface area contributed by atoms with Crippen LogP contribution in [0, 0.1) is 11.7 Å². The number of anilines is 1. The zero-order valence-electron chi connectivity index (χ0n) is 11.4. The molecule has 0 saturated heterocycles. The van der Waals surface area contributed by atoms with Gasteiger partial charge in [0.05, 0.1) is 5.69 Å². The van der Waals surface area contributed by atoms with Gasteiger partial charge in [-0.05, 0) is 31.0 Å². The van der Waals surface area contributed by atoms with Crippen LogP contribution in [0.5, 0.6) is 0 Å². The zero-order valence-corrected chi connectivity index (χ0v) is 11.4. The molecule has 0 fully saturated rings. The Hall–Kier alpha value is -1.38. The number of nitrogens with zero attached hydrogens (tertiary/aromatic N) is 1. The molecule has 0 saturated carbocycles. The first-order valence-corrected chi connectivity index (χ1v) is 6.65. The molecule has 0 aliphatic rings. The van der Waals surface area contributed by atoms with Crippen LogP contribution in [0.2, 0.25) is 0 Å². The maximum absolute atomic E-state index is 13.9. The van der Waals surface area contributed by atoms with E-state index in [0.717, 1.165) is 25.9 Å². The van der Waals surface area contributed by atoms with Crippen molar-refractivity contribution in [2.75, 3.05) is 18.0 Å². The minimum Gasteiger partial charge on any atom is -0.369 e. The van der Waals surface area contributed by atoms with Crippen molar-refractivity contribution in [2.45, 2.75) is 33.6 Å². The van der Waals surface area contributed by atoms with Gasteiger partial charge in [-0.15, -0.1) is 0 Å². The Morgan fingerprint density at radius 1 is 1.28 bits per heavy atom. The first kappa shape index (κ1) is 14.7. The quantitative estimate of drug-likeness (QED) is 0.685. The van der Waals surface area contributed by atoms with Gasteiger partial charge >= 0.3 is 0 Å². The van der Waals surface area contributed by atoms with Gasteiger partial charge < -0.3 is 4.90 Å². The topological polar surface area (TPSA) is 20.3 Å².